The van der Waals surface area contributed by atoms with Crippen molar-refractivity contribution in [1.82, 2.24) is 30.0 Å². The number of thioether (sulfide) groups is 2. The van der Waals surface area contributed by atoms with Gasteiger partial charge in [0.15, 0.2) is 16.5 Å². The zero-order valence-electron chi connectivity index (χ0n) is 19.2. The van der Waals surface area contributed by atoms with Crippen LogP contribution >= 0.6 is 34.9 Å². The molecule has 31 heavy (non-hydrogen) atoms. The number of nitrogens with one attached hydrogen (secondary N) is 1. The van der Waals surface area contributed by atoms with E-state index in [1.807, 2.05) is 11.3 Å². The van der Waals surface area contributed by atoms with E-state index >= 15 is 0 Å². The third-order valence-corrected chi connectivity index (χ3v) is 8.69. The molecule has 11 heteroatoms. The highest BCUT2D eigenvalue weighted by atomic mass is 32.2. The second-order valence-electron chi connectivity index (χ2n) is 8.43. The Balaban J connectivity index is 1.59. The Morgan fingerprint density at radius 3 is 2.35 bits per heavy atom. The summed E-state index contributed by atoms with van der Waals surface area (Å²) in [6.07, 6.45) is 2.24. The van der Waals surface area contributed by atoms with Crippen LogP contribution in [0.15, 0.2) is 10.3 Å². The number of aromatic nitrogens is 3. The number of aryl methyl sites for hydroxylation is 1. The lowest BCUT2D eigenvalue weighted by molar-refractivity contribution is 0.410. The Bertz CT molecular complexity index is 949. The molecule has 2 aliphatic heterocycles. The van der Waals surface area contributed by atoms with Crippen molar-refractivity contribution in [1.29, 1.82) is 0 Å². The molecule has 1 N–H and O–H groups in total. The van der Waals surface area contributed by atoms with E-state index in [0.717, 1.165) is 53.7 Å². The van der Waals surface area contributed by atoms with Gasteiger partial charge < -0.3 is 9.80 Å². The molecule has 0 radical (unpaired) electrons. The number of thiophene rings is 1. The van der Waals surface area contributed by atoms with Crippen molar-refractivity contribution in [2.45, 2.75) is 38.0 Å². The first-order valence-electron chi connectivity index (χ1n) is 10.6. The molecule has 2 aliphatic rings. The Morgan fingerprint density at radius 1 is 1.00 bits per heavy atom. The van der Waals surface area contributed by atoms with Crippen LogP contribution < -0.4 is 10.3 Å². The smallest absolute Gasteiger partial charge is 0.241 e. The number of nitrogens with zero attached hydrogens (tertiary/aromatic N) is 7. The van der Waals surface area contributed by atoms with Crippen LogP contribution in [0, 0.1) is 13.8 Å². The maximum absolute atomic E-state index is 4.70. The first kappa shape index (κ1) is 22.9. The van der Waals surface area contributed by atoms with Gasteiger partial charge in [-0.3, -0.25) is 10.3 Å². The summed E-state index contributed by atoms with van der Waals surface area (Å²) >= 11 is 5.41. The molecule has 0 saturated carbocycles. The van der Waals surface area contributed by atoms with Gasteiger partial charge in [-0.2, -0.15) is 5.10 Å². The van der Waals surface area contributed by atoms with Crippen molar-refractivity contribution in [2.75, 3.05) is 57.7 Å². The van der Waals surface area contributed by atoms with Gasteiger partial charge in [-0.1, -0.05) is 23.5 Å². The van der Waals surface area contributed by atoms with E-state index in [4.69, 9.17) is 5.10 Å². The van der Waals surface area contributed by atoms with E-state index < -0.39 is 0 Å². The summed E-state index contributed by atoms with van der Waals surface area (Å²) in [5.74, 6) is 2.92. The van der Waals surface area contributed by atoms with Crippen LogP contribution in [0.2, 0.25) is 0 Å². The van der Waals surface area contributed by atoms with E-state index in [2.05, 4.69) is 76.9 Å². The number of hydrogen-bond acceptors (Lipinski definition) is 10. The molecule has 0 fully saturated rings. The maximum Gasteiger partial charge on any atom is 0.241 e. The molecule has 8 nitrogen and oxygen atoms in total. The average molecular weight is 481 g/mol. The Hall–Kier alpha value is -1.27. The van der Waals surface area contributed by atoms with E-state index in [9.17, 15) is 0 Å². The monoisotopic (exact) mass is 480 g/mol. The molecule has 2 aromatic rings. The highest BCUT2D eigenvalue weighted by Gasteiger charge is 2.43. The van der Waals surface area contributed by atoms with Gasteiger partial charge in [0.1, 0.15) is 5.00 Å². The SMILES string of the molecule is Cc1sc2c(c1C)C1NN=C(SCCCN(C)C)N1c1nnc(SCCCN(C)C)n1-2. The normalized spacial score (nSPS) is 17.1. The first-order valence-corrected chi connectivity index (χ1v) is 13.4. The van der Waals surface area contributed by atoms with E-state index in [0.29, 0.717) is 0 Å². The van der Waals surface area contributed by atoms with Crippen LogP contribution in [0.5, 0.6) is 0 Å². The van der Waals surface area contributed by atoms with E-state index in [1.54, 1.807) is 23.5 Å². The van der Waals surface area contributed by atoms with Crippen LogP contribution in [-0.4, -0.2) is 82.5 Å². The molecule has 0 bridgehead atoms. The molecule has 0 aromatic carbocycles. The molecule has 1 unspecified atom stereocenters. The summed E-state index contributed by atoms with van der Waals surface area (Å²) in [5.41, 5.74) is 6.02. The lowest BCUT2D eigenvalue weighted by atomic mass is 10.1. The average Bonchev–Trinajstić information content (AvgIpc) is 3.39. The number of fused-ring (bicyclic) bond motifs is 6. The highest BCUT2D eigenvalue weighted by Crippen LogP contribution is 2.47. The molecule has 0 spiro atoms. The van der Waals surface area contributed by atoms with Gasteiger partial charge in [0.2, 0.25) is 5.95 Å². The molecule has 4 rings (SSSR count). The van der Waals surface area contributed by atoms with Crippen molar-refractivity contribution in [2.24, 2.45) is 5.10 Å². The summed E-state index contributed by atoms with van der Waals surface area (Å²) in [6.45, 7) is 6.57. The number of anilines is 1. The minimum absolute atomic E-state index is 0.000380. The fourth-order valence-corrected chi connectivity index (χ4v) is 6.73. The fraction of sp³-hybridized carbons (Fsp3) is 0.650. The van der Waals surface area contributed by atoms with Crippen LogP contribution in [0.4, 0.5) is 5.95 Å². The van der Waals surface area contributed by atoms with Gasteiger partial charge in [0.05, 0.1) is 0 Å². The van der Waals surface area contributed by atoms with Crippen LogP contribution in [-0.2, 0) is 0 Å². The molecular weight excluding hydrogens is 448 g/mol. The van der Waals surface area contributed by atoms with Crippen LogP contribution in [0.1, 0.15) is 35.0 Å². The molecule has 170 valence electrons. The molecule has 2 aromatic heterocycles. The molecule has 0 aliphatic carbocycles. The van der Waals surface area contributed by atoms with Gasteiger partial charge in [0.25, 0.3) is 0 Å². The lowest BCUT2D eigenvalue weighted by Crippen LogP contribution is -2.38. The Labute approximate surface area is 197 Å². The Kier molecular flexibility index (Phi) is 7.17. The number of amidine groups is 1. The number of hydrogen-bond donors (Lipinski definition) is 1. The highest BCUT2D eigenvalue weighted by molar-refractivity contribution is 8.14. The topological polar surface area (TPSA) is 64.8 Å². The largest absolute Gasteiger partial charge is 0.309 e. The third kappa shape index (κ3) is 4.61. The quantitative estimate of drug-likeness (QED) is 0.433. The van der Waals surface area contributed by atoms with Crippen molar-refractivity contribution in [3.8, 4) is 5.00 Å². The molecule has 0 saturated heterocycles. The number of rotatable bonds is 9. The fourth-order valence-electron chi connectivity index (χ4n) is 3.73. The maximum atomic E-state index is 4.70. The second-order valence-corrected chi connectivity index (χ2v) is 11.8. The van der Waals surface area contributed by atoms with Gasteiger partial charge >= 0.3 is 0 Å². The zero-order valence-corrected chi connectivity index (χ0v) is 21.6. The van der Waals surface area contributed by atoms with E-state index in [1.165, 1.54) is 21.0 Å². The summed E-state index contributed by atoms with van der Waals surface area (Å²) < 4.78 is 2.25. The summed E-state index contributed by atoms with van der Waals surface area (Å²) in [4.78, 5) is 8.02. The molecule has 1 atom stereocenters. The molecule has 4 heterocycles. The predicted octanol–water partition coefficient (Wildman–Crippen LogP) is 3.37. The summed E-state index contributed by atoms with van der Waals surface area (Å²) in [6, 6.07) is 0. The van der Waals surface area contributed by atoms with Gasteiger partial charge in [-0.25, -0.2) is 4.57 Å². The molecular formula is C20H32N8S3. The van der Waals surface area contributed by atoms with Gasteiger partial charge in [0, 0.05) is 21.9 Å². The van der Waals surface area contributed by atoms with Crippen molar-refractivity contribution >= 4 is 46.0 Å². The van der Waals surface area contributed by atoms with Gasteiger partial charge in [-0.15, -0.1) is 21.5 Å². The predicted molar refractivity (Wildman–Crippen MR) is 134 cm³/mol. The third-order valence-electron chi connectivity index (χ3n) is 5.43. The zero-order chi connectivity index (χ0) is 22.1. The first-order chi connectivity index (χ1) is 14.9. The standard InChI is InChI=1S/C20H32N8S3/c1-13-14(2)31-17-15(13)16-21-23-19(29-11-7-9-25(3)4)27(16)18-22-24-20(28(17)18)30-12-8-10-26(5)6/h16,21H,7-12H2,1-6H3. The number of hydrazone groups is 1. The summed E-state index contributed by atoms with van der Waals surface area (Å²) in [7, 11) is 8.46. The second kappa shape index (κ2) is 9.70. The molecule has 0 amide bonds. The van der Waals surface area contributed by atoms with Crippen LogP contribution in [0.3, 0.4) is 0 Å². The van der Waals surface area contributed by atoms with E-state index in [-0.39, 0.29) is 6.17 Å². The van der Waals surface area contributed by atoms with Crippen LogP contribution in [0.25, 0.3) is 5.00 Å². The Morgan fingerprint density at radius 2 is 1.68 bits per heavy atom. The lowest BCUT2D eigenvalue weighted by Gasteiger charge is -2.31. The minimum atomic E-state index is -0.000380. The van der Waals surface area contributed by atoms with Crippen molar-refractivity contribution < 1.29 is 0 Å². The van der Waals surface area contributed by atoms with Gasteiger partial charge in [-0.05, 0) is 73.5 Å². The summed E-state index contributed by atoms with van der Waals surface area (Å²) in [5, 5.41) is 17.1. The van der Waals surface area contributed by atoms with Crippen molar-refractivity contribution in [3.05, 3.63) is 16.0 Å². The van der Waals surface area contributed by atoms with Crippen molar-refractivity contribution in [3.63, 3.8) is 0 Å². The minimum Gasteiger partial charge on any atom is -0.309 e.